The van der Waals surface area contributed by atoms with Crippen molar-refractivity contribution in [2.45, 2.75) is 26.1 Å². The standard InChI is InChI=1S/C23H20F3N7O3/c1-11-9-28-10-33(11)16-6-13(5-14(7-16)23(24,25)26)21(35)30-15-3-4-17-18(8-15)31-32-19(17)22(36)29-12(2)20(27)34/h3-10,12H,1-2H3,(H2,27,34)(H,29,36)(H,30,35)(H,31,32)/t12-/m0/s1. The van der Waals surface area contributed by atoms with Crippen molar-refractivity contribution < 1.29 is 27.6 Å². The Balaban J connectivity index is 1.61. The zero-order valence-electron chi connectivity index (χ0n) is 19.0. The fraction of sp³-hybridized carbons (Fsp3) is 0.174. The molecule has 0 aliphatic heterocycles. The number of primary amides is 1. The molecule has 3 amide bonds. The van der Waals surface area contributed by atoms with Gasteiger partial charge in [-0.3, -0.25) is 19.5 Å². The van der Waals surface area contributed by atoms with E-state index in [-0.39, 0.29) is 22.6 Å². The first kappa shape index (κ1) is 24.4. The molecule has 0 aliphatic rings. The van der Waals surface area contributed by atoms with Gasteiger partial charge in [0.2, 0.25) is 5.91 Å². The van der Waals surface area contributed by atoms with Crippen molar-refractivity contribution in [3.63, 3.8) is 0 Å². The molecule has 4 aromatic rings. The number of carbonyl (C=O) groups is 3. The lowest BCUT2D eigenvalue weighted by atomic mass is 10.1. The molecule has 2 heterocycles. The van der Waals surface area contributed by atoms with Gasteiger partial charge < -0.3 is 20.9 Å². The summed E-state index contributed by atoms with van der Waals surface area (Å²) in [7, 11) is 0. The number of benzene rings is 2. The van der Waals surface area contributed by atoms with Crippen molar-refractivity contribution in [2.75, 3.05) is 5.32 Å². The van der Waals surface area contributed by atoms with E-state index in [9.17, 15) is 27.6 Å². The van der Waals surface area contributed by atoms with E-state index in [1.54, 1.807) is 6.92 Å². The summed E-state index contributed by atoms with van der Waals surface area (Å²) in [5.74, 6) is -2.11. The number of alkyl halides is 3. The molecule has 186 valence electrons. The predicted molar refractivity (Wildman–Crippen MR) is 123 cm³/mol. The smallest absolute Gasteiger partial charge is 0.368 e. The number of H-pyrrole nitrogens is 1. The molecule has 0 unspecified atom stereocenters. The molecule has 2 aromatic carbocycles. The Hall–Kier alpha value is -4.68. The molecular weight excluding hydrogens is 479 g/mol. The molecule has 10 nitrogen and oxygen atoms in total. The number of nitrogens with two attached hydrogens (primary N) is 1. The van der Waals surface area contributed by atoms with Gasteiger partial charge in [-0.2, -0.15) is 18.3 Å². The van der Waals surface area contributed by atoms with Crippen molar-refractivity contribution >= 4 is 34.3 Å². The average Bonchev–Trinajstić information content (AvgIpc) is 3.43. The number of aryl methyl sites for hydroxylation is 1. The minimum atomic E-state index is -4.67. The van der Waals surface area contributed by atoms with Crippen LogP contribution in [-0.2, 0) is 11.0 Å². The number of fused-ring (bicyclic) bond motifs is 1. The number of aromatic amines is 1. The fourth-order valence-corrected chi connectivity index (χ4v) is 3.49. The third-order valence-corrected chi connectivity index (χ3v) is 5.42. The Kier molecular flexibility index (Phi) is 6.23. The van der Waals surface area contributed by atoms with Crippen molar-refractivity contribution in [3.05, 3.63) is 71.4 Å². The molecule has 13 heteroatoms. The molecule has 0 saturated heterocycles. The monoisotopic (exact) mass is 499 g/mol. The van der Waals surface area contributed by atoms with E-state index in [0.717, 1.165) is 12.1 Å². The van der Waals surface area contributed by atoms with Crippen LogP contribution in [-0.4, -0.2) is 43.5 Å². The second-order valence-electron chi connectivity index (χ2n) is 8.06. The van der Waals surface area contributed by atoms with Gasteiger partial charge in [-0.25, -0.2) is 4.98 Å². The van der Waals surface area contributed by atoms with Gasteiger partial charge in [0.1, 0.15) is 6.04 Å². The van der Waals surface area contributed by atoms with E-state index in [4.69, 9.17) is 5.73 Å². The summed E-state index contributed by atoms with van der Waals surface area (Å²) < 4.78 is 42.0. The highest BCUT2D eigenvalue weighted by atomic mass is 19.4. The number of hydrogen-bond donors (Lipinski definition) is 4. The highest BCUT2D eigenvalue weighted by Crippen LogP contribution is 2.32. The number of halogens is 3. The summed E-state index contributed by atoms with van der Waals surface area (Å²) >= 11 is 0. The zero-order chi connectivity index (χ0) is 26.2. The second-order valence-corrected chi connectivity index (χ2v) is 8.06. The van der Waals surface area contributed by atoms with E-state index >= 15 is 0 Å². The van der Waals surface area contributed by atoms with Crippen molar-refractivity contribution in [1.82, 2.24) is 25.1 Å². The molecular formula is C23H20F3N7O3. The van der Waals surface area contributed by atoms with E-state index < -0.39 is 35.5 Å². The van der Waals surface area contributed by atoms with Gasteiger partial charge in [0, 0.05) is 34.2 Å². The molecule has 0 radical (unpaired) electrons. The molecule has 0 spiro atoms. The molecule has 36 heavy (non-hydrogen) atoms. The lowest BCUT2D eigenvalue weighted by molar-refractivity contribution is -0.137. The van der Waals surface area contributed by atoms with Crippen LogP contribution in [0.25, 0.3) is 16.6 Å². The summed E-state index contributed by atoms with van der Waals surface area (Å²) in [6.45, 7) is 3.10. The molecule has 1 atom stereocenters. The van der Waals surface area contributed by atoms with Crippen LogP contribution in [0.1, 0.15) is 39.0 Å². The molecule has 0 aliphatic carbocycles. The summed E-state index contributed by atoms with van der Waals surface area (Å²) in [4.78, 5) is 40.4. The largest absolute Gasteiger partial charge is 0.416 e. The number of aromatic nitrogens is 4. The SMILES string of the molecule is Cc1cncn1-c1cc(C(=O)Nc2ccc3c(C(=O)N[C@@H](C)C(N)=O)n[nH]c3c2)cc(C(F)(F)F)c1. The number of hydrogen-bond acceptors (Lipinski definition) is 5. The first-order valence-electron chi connectivity index (χ1n) is 10.6. The van der Waals surface area contributed by atoms with Crippen molar-refractivity contribution in [1.29, 1.82) is 0 Å². The van der Waals surface area contributed by atoms with Crippen LogP contribution < -0.4 is 16.4 Å². The number of amides is 3. The minimum Gasteiger partial charge on any atom is -0.368 e. The Bertz CT molecular complexity index is 1490. The second kappa shape index (κ2) is 9.17. The Morgan fingerprint density at radius 1 is 1.11 bits per heavy atom. The van der Waals surface area contributed by atoms with Crippen molar-refractivity contribution in [3.8, 4) is 5.69 Å². The van der Waals surface area contributed by atoms with E-state index in [1.165, 1.54) is 48.3 Å². The summed E-state index contributed by atoms with van der Waals surface area (Å²) in [5.41, 5.74) is 5.33. The van der Waals surface area contributed by atoms with Crippen LogP contribution in [0, 0.1) is 6.92 Å². The molecule has 0 fully saturated rings. The zero-order valence-corrected chi connectivity index (χ0v) is 19.0. The normalized spacial score (nSPS) is 12.4. The van der Waals surface area contributed by atoms with E-state index in [1.807, 2.05) is 0 Å². The van der Waals surface area contributed by atoms with Gasteiger partial charge in [0.15, 0.2) is 5.69 Å². The first-order chi connectivity index (χ1) is 16.9. The third kappa shape index (κ3) is 4.89. The highest BCUT2D eigenvalue weighted by Gasteiger charge is 2.32. The lowest BCUT2D eigenvalue weighted by Gasteiger charge is -2.14. The number of anilines is 1. The Labute approximate surface area is 201 Å². The fourth-order valence-electron chi connectivity index (χ4n) is 3.49. The number of imidazole rings is 1. The van der Waals surface area contributed by atoms with Gasteiger partial charge >= 0.3 is 6.18 Å². The summed E-state index contributed by atoms with van der Waals surface area (Å²) in [5, 5.41) is 12.0. The van der Waals surface area contributed by atoms with Crippen LogP contribution in [0.4, 0.5) is 18.9 Å². The van der Waals surface area contributed by atoms with Gasteiger partial charge in [-0.15, -0.1) is 0 Å². The number of rotatable bonds is 6. The van der Waals surface area contributed by atoms with Gasteiger partial charge in [-0.05, 0) is 50.2 Å². The molecule has 4 rings (SSSR count). The topological polar surface area (TPSA) is 148 Å². The first-order valence-corrected chi connectivity index (χ1v) is 10.6. The van der Waals surface area contributed by atoms with Crippen LogP contribution in [0.15, 0.2) is 48.9 Å². The van der Waals surface area contributed by atoms with E-state index in [2.05, 4.69) is 25.8 Å². The van der Waals surface area contributed by atoms with Crippen LogP contribution in [0.3, 0.4) is 0 Å². The Morgan fingerprint density at radius 3 is 2.50 bits per heavy atom. The molecule has 0 bridgehead atoms. The predicted octanol–water partition coefficient (Wildman–Crippen LogP) is 2.93. The number of nitrogens with zero attached hydrogens (tertiary/aromatic N) is 3. The quantitative estimate of drug-likeness (QED) is 0.322. The van der Waals surface area contributed by atoms with E-state index in [0.29, 0.717) is 16.6 Å². The average molecular weight is 499 g/mol. The maximum atomic E-state index is 13.5. The maximum Gasteiger partial charge on any atom is 0.416 e. The Morgan fingerprint density at radius 2 is 1.86 bits per heavy atom. The summed E-state index contributed by atoms with van der Waals surface area (Å²) in [6.07, 6.45) is -1.82. The lowest BCUT2D eigenvalue weighted by Crippen LogP contribution is -2.42. The molecule has 5 N–H and O–H groups in total. The van der Waals surface area contributed by atoms with Crippen LogP contribution in [0.5, 0.6) is 0 Å². The van der Waals surface area contributed by atoms with Crippen molar-refractivity contribution in [2.24, 2.45) is 5.73 Å². The molecule has 0 saturated carbocycles. The summed E-state index contributed by atoms with van der Waals surface area (Å²) in [6, 6.07) is 6.57. The van der Waals surface area contributed by atoms with Crippen LogP contribution >= 0.6 is 0 Å². The molecule has 2 aromatic heterocycles. The highest BCUT2D eigenvalue weighted by molar-refractivity contribution is 6.08. The maximum absolute atomic E-state index is 13.5. The number of carbonyl (C=O) groups excluding carboxylic acids is 3. The van der Waals surface area contributed by atoms with Crippen LogP contribution in [0.2, 0.25) is 0 Å². The van der Waals surface area contributed by atoms with Gasteiger partial charge in [-0.1, -0.05) is 0 Å². The van der Waals surface area contributed by atoms with Gasteiger partial charge in [0.05, 0.1) is 17.4 Å². The van der Waals surface area contributed by atoms with Gasteiger partial charge in [0.25, 0.3) is 11.8 Å². The number of nitrogens with one attached hydrogen (secondary N) is 3. The minimum absolute atomic E-state index is 0.00852. The third-order valence-electron chi connectivity index (χ3n) is 5.42.